The maximum atomic E-state index is 12.0. The van der Waals surface area contributed by atoms with Gasteiger partial charge in [0.15, 0.2) is 11.6 Å². The van der Waals surface area contributed by atoms with Gasteiger partial charge in [0, 0.05) is 31.3 Å². The summed E-state index contributed by atoms with van der Waals surface area (Å²) >= 11 is 0. The van der Waals surface area contributed by atoms with Gasteiger partial charge in [0.1, 0.15) is 11.6 Å². The number of aromatic nitrogens is 2. The third-order valence-electron chi connectivity index (χ3n) is 4.09. The van der Waals surface area contributed by atoms with Crippen LogP contribution in [0.2, 0.25) is 0 Å². The number of carbonyl (C=O) groups is 1. The number of rotatable bonds is 6. The molecular formula is C21H27N5O. The summed E-state index contributed by atoms with van der Waals surface area (Å²) in [6.07, 6.45) is 1.98. The Hall–Kier alpha value is -2.94. The van der Waals surface area contributed by atoms with E-state index >= 15 is 0 Å². The smallest absolute Gasteiger partial charge is 0.229 e. The molecule has 0 fully saturated rings. The molecule has 2 aromatic rings. The second-order valence-corrected chi connectivity index (χ2v) is 7.89. The normalized spacial score (nSPS) is 11.0. The Balaban J connectivity index is 2.37. The lowest BCUT2D eigenvalue weighted by atomic mass is 9.96. The summed E-state index contributed by atoms with van der Waals surface area (Å²) in [6.45, 7) is 11.0. The number of aryl methyl sites for hydroxylation is 1. The lowest BCUT2D eigenvalue weighted by Gasteiger charge is -2.28. The van der Waals surface area contributed by atoms with Crippen molar-refractivity contribution in [2.24, 2.45) is 5.41 Å². The van der Waals surface area contributed by atoms with Gasteiger partial charge in [-0.05, 0) is 24.0 Å². The van der Waals surface area contributed by atoms with Crippen molar-refractivity contribution in [3.05, 3.63) is 41.1 Å². The van der Waals surface area contributed by atoms with E-state index in [2.05, 4.69) is 42.1 Å². The van der Waals surface area contributed by atoms with Crippen molar-refractivity contribution in [2.75, 3.05) is 23.8 Å². The Morgan fingerprint density at radius 1 is 1.33 bits per heavy atom. The molecule has 6 nitrogen and oxygen atoms in total. The molecule has 0 aliphatic heterocycles. The highest BCUT2D eigenvalue weighted by Crippen LogP contribution is 2.25. The van der Waals surface area contributed by atoms with Crippen LogP contribution < -0.4 is 10.2 Å². The summed E-state index contributed by atoms with van der Waals surface area (Å²) < 4.78 is 0. The number of hydrogen-bond donors (Lipinski definition) is 1. The summed E-state index contributed by atoms with van der Waals surface area (Å²) in [5, 5.41) is 12.6. The van der Waals surface area contributed by atoms with Crippen LogP contribution in [0.3, 0.4) is 0 Å². The number of nitrogens with zero attached hydrogens (tertiary/aromatic N) is 4. The minimum absolute atomic E-state index is 0.0610. The van der Waals surface area contributed by atoms with Crippen LogP contribution in [0.1, 0.15) is 55.6 Å². The number of carbonyl (C=O) groups excluding carboxylic acids is 1. The first-order valence-corrected chi connectivity index (χ1v) is 9.03. The Labute approximate surface area is 161 Å². The number of Topliss-reactive ketones (excluding diaryl/α,β-unsaturated/α-hetero) is 1. The molecule has 0 radical (unpaired) electrons. The van der Waals surface area contributed by atoms with E-state index < -0.39 is 0 Å². The highest BCUT2D eigenvalue weighted by Gasteiger charge is 2.18. The Kier molecular flexibility index (Phi) is 6.17. The lowest BCUT2D eigenvalue weighted by molar-refractivity contribution is 0.0988. The zero-order chi connectivity index (χ0) is 20.2. The molecule has 0 spiro atoms. The first kappa shape index (κ1) is 20.4. The average Bonchev–Trinajstić information content (AvgIpc) is 2.61. The molecule has 0 amide bonds. The first-order valence-electron chi connectivity index (χ1n) is 9.03. The summed E-state index contributed by atoms with van der Waals surface area (Å²) in [4.78, 5) is 22.8. The SMILES string of the molecule is CCC(=O)c1ccc(C)c(Nc2ncc(C#N)c(N(C)CC(C)(C)C)n2)c1. The van der Waals surface area contributed by atoms with Gasteiger partial charge < -0.3 is 10.2 Å². The molecule has 0 saturated carbocycles. The van der Waals surface area contributed by atoms with Crippen LogP contribution in [0.25, 0.3) is 0 Å². The third-order valence-corrected chi connectivity index (χ3v) is 4.09. The molecule has 142 valence electrons. The molecule has 1 N–H and O–H groups in total. The second kappa shape index (κ2) is 8.17. The fraction of sp³-hybridized carbons (Fsp3) is 0.429. The van der Waals surface area contributed by atoms with Crippen molar-refractivity contribution in [1.82, 2.24) is 9.97 Å². The van der Waals surface area contributed by atoms with Crippen molar-refractivity contribution in [2.45, 2.75) is 41.0 Å². The van der Waals surface area contributed by atoms with Gasteiger partial charge in [-0.1, -0.05) is 39.8 Å². The van der Waals surface area contributed by atoms with Crippen LogP contribution in [-0.4, -0.2) is 29.3 Å². The Bertz CT molecular complexity index is 877. The quantitative estimate of drug-likeness (QED) is 0.760. The van der Waals surface area contributed by atoms with Crippen LogP contribution in [0.5, 0.6) is 0 Å². The number of nitriles is 1. The topological polar surface area (TPSA) is 81.9 Å². The molecule has 0 saturated heterocycles. The largest absolute Gasteiger partial charge is 0.358 e. The van der Waals surface area contributed by atoms with Gasteiger partial charge in [-0.15, -0.1) is 0 Å². The molecule has 0 aliphatic carbocycles. The van der Waals surface area contributed by atoms with E-state index in [4.69, 9.17) is 0 Å². The van der Waals surface area contributed by atoms with Crippen LogP contribution in [0.4, 0.5) is 17.5 Å². The minimum atomic E-state index is 0.0610. The van der Waals surface area contributed by atoms with Crippen molar-refractivity contribution >= 4 is 23.2 Å². The summed E-state index contributed by atoms with van der Waals surface area (Å²) in [5.74, 6) is 1.07. The molecule has 27 heavy (non-hydrogen) atoms. The zero-order valence-corrected chi connectivity index (χ0v) is 16.9. The van der Waals surface area contributed by atoms with Crippen LogP contribution in [0, 0.1) is 23.7 Å². The monoisotopic (exact) mass is 365 g/mol. The first-order chi connectivity index (χ1) is 12.6. The van der Waals surface area contributed by atoms with Gasteiger partial charge in [-0.2, -0.15) is 10.2 Å². The number of hydrogen-bond acceptors (Lipinski definition) is 6. The summed E-state index contributed by atoms with van der Waals surface area (Å²) in [5.41, 5.74) is 2.91. The van der Waals surface area contributed by atoms with Crippen molar-refractivity contribution in [1.29, 1.82) is 5.26 Å². The Morgan fingerprint density at radius 2 is 2.04 bits per heavy atom. The standard InChI is InChI=1S/C21H27N5O/c1-7-18(27)15-9-8-14(2)17(10-15)24-20-23-12-16(11-22)19(25-20)26(6)13-21(3,4)5/h8-10,12H,7,13H2,1-6H3,(H,23,24,25). The molecule has 1 aromatic heterocycles. The highest BCUT2D eigenvalue weighted by atomic mass is 16.1. The van der Waals surface area contributed by atoms with Gasteiger partial charge in [0.05, 0.1) is 6.20 Å². The van der Waals surface area contributed by atoms with Gasteiger partial charge in [-0.3, -0.25) is 4.79 Å². The van der Waals surface area contributed by atoms with Gasteiger partial charge >= 0.3 is 0 Å². The summed E-state index contributed by atoms with van der Waals surface area (Å²) in [6, 6.07) is 7.71. The van der Waals surface area contributed by atoms with Crippen molar-refractivity contribution < 1.29 is 4.79 Å². The van der Waals surface area contributed by atoms with E-state index in [0.717, 1.165) is 17.8 Å². The summed E-state index contributed by atoms with van der Waals surface area (Å²) in [7, 11) is 1.92. The Morgan fingerprint density at radius 3 is 2.63 bits per heavy atom. The number of benzene rings is 1. The van der Waals surface area contributed by atoms with E-state index in [9.17, 15) is 10.1 Å². The van der Waals surface area contributed by atoms with Crippen LogP contribution >= 0.6 is 0 Å². The molecule has 6 heteroatoms. The molecule has 0 atom stereocenters. The fourth-order valence-corrected chi connectivity index (χ4v) is 2.84. The van der Waals surface area contributed by atoms with Gasteiger partial charge in [0.25, 0.3) is 0 Å². The predicted molar refractivity (Wildman–Crippen MR) is 109 cm³/mol. The molecule has 1 heterocycles. The van der Waals surface area contributed by atoms with Crippen molar-refractivity contribution in [3.8, 4) is 6.07 Å². The highest BCUT2D eigenvalue weighted by molar-refractivity contribution is 5.97. The zero-order valence-electron chi connectivity index (χ0n) is 16.9. The number of nitrogens with one attached hydrogen (secondary N) is 1. The van der Waals surface area contributed by atoms with Gasteiger partial charge in [0.2, 0.25) is 5.95 Å². The molecule has 0 bridgehead atoms. The van der Waals surface area contributed by atoms with Gasteiger partial charge in [-0.25, -0.2) is 4.98 Å². The number of anilines is 3. The van der Waals surface area contributed by atoms with E-state index in [1.54, 1.807) is 0 Å². The van der Waals surface area contributed by atoms with Crippen molar-refractivity contribution in [3.63, 3.8) is 0 Å². The molecule has 1 aromatic carbocycles. The van der Waals surface area contributed by atoms with E-state index in [1.807, 2.05) is 44.0 Å². The maximum Gasteiger partial charge on any atom is 0.229 e. The molecule has 0 unspecified atom stereocenters. The predicted octanol–water partition coefficient (Wildman–Crippen LogP) is 4.48. The fourth-order valence-electron chi connectivity index (χ4n) is 2.84. The minimum Gasteiger partial charge on any atom is -0.358 e. The molecule has 2 rings (SSSR count). The van der Waals surface area contributed by atoms with E-state index in [0.29, 0.717) is 29.3 Å². The molecular weight excluding hydrogens is 338 g/mol. The maximum absolute atomic E-state index is 12.0. The number of ketones is 1. The van der Waals surface area contributed by atoms with Crippen LogP contribution in [0.15, 0.2) is 24.4 Å². The average molecular weight is 365 g/mol. The third kappa shape index (κ3) is 5.27. The van der Waals surface area contributed by atoms with Crippen LogP contribution in [-0.2, 0) is 0 Å². The second-order valence-electron chi connectivity index (χ2n) is 7.89. The molecule has 0 aliphatic rings. The van der Waals surface area contributed by atoms with E-state index in [1.165, 1.54) is 6.20 Å². The van der Waals surface area contributed by atoms with E-state index in [-0.39, 0.29) is 11.2 Å². The lowest BCUT2D eigenvalue weighted by Crippen LogP contribution is -2.30.